The van der Waals surface area contributed by atoms with Crippen molar-refractivity contribution >= 4 is 5.78 Å². The first-order chi connectivity index (χ1) is 8.56. The van der Waals surface area contributed by atoms with E-state index in [1.165, 1.54) is 13.3 Å². The van der Waals surface area contributed by atoms with Crippen LogP contribution in [0.25, 0.3) is 0 Å². The van der Waals surface area contributed by atoms with E-state index in [0.717, 1.165) is 0 Å². The van der Waals surface area contributed by atoms with Crippen LogP contribution in [0.3, 0.4) is 0 Å². The number of ether oxygens (including phenoxy) is 1. The number of Topliss-reactive ketones (excluding diaryl/α,β-unsaturated/α-hetero) is 1. The van der Waals surface area contributed by atoms with Crippen molar-refractivity contribution in [3.05, 3.63) is 43.0 Å². The minimum absolute atomic E-state index is 0.259. The van der Waals surface area contributed by atoms with Crippen molar-refractivity contribution in [2.24, 2.45) is 0 Å². The smallest absolute Gasteiger partial charge is 0.162 e. The van der Waals surface area contributed by atoms with Gasteiger partial charge in [-0.25, -0.2) is 0 Å². The molecule has 3 heteroatoms. The van der Waals surface area contributed by atoms with Crippen LogP contribution in [-0.2, 0) is 4.79 Å². The van der Waals surface area contributed by atoms with Gasteiger partial charge in [-0.15, -0.1) is 13.2 Å². The van der Waals surface area contributed by atoms with Crippen LogP contribution in [0.1, 0.15) is 38.9 Å². The predicted molar refractivity (Wildman–Crippen MR) is 75.9 cm³/mol. The average molecular weight is 252 g/mol. The molecule has 0 spiro atoms. The summed E-state index contributed by atoms with van der Waals surface area (Å²) in [5.41, 5.74) is 0.591. The van der Waals surface area contributed by atoms with Gasteiger partial charge in [0.1, 0.15) is 11.9 Å². The Hall–Kier alpha value is -1.61. The lowest BCUT2D eigenvalue weighted by atomic mass is 10.1. The number of aliphatic hydroxyl groups excluding tert-OH is 1. The third-order valence-electron chi connectivity index (χ3n) is 1.82. The second kappa shape index (κ2) is 11.9. The molecule has 1 N–H and O–H groups in total. The number of hydrogen-bond donors (Lipinski definition) is 1. The van der Waals surface area contributed by atoms with Gasteiger partial charge in [0.15, 0.2) is 5.78 Å². The average Bonchev–Trinajstić information content (AvgIpc) is 2.41. The molecule has 0 saturated carbocycles. The second-order valence-corrected chi connectivity index (χ2v) is 3.49. The highest BCUT2D eigenvalue weighted by atomic mass is 16.5. The second-order valence-electron chi connectivity index (χ2n) is 3.49. The summed E-state index contributed by atoms with van der Waals surface area (Å²) < 4.78 is 4.94. The summed E-state index contributed by atoms with van der Waals surface area (Å²) in [5.74, 6) is 0.449. The van der Waals surface area contributed by atoms with Gasteiger partial charge in [0, 0.05) is 0 Å². The number of carbonyl (C=O) groups excluding carboxylic acids is 1. The summed E-state index contributed by atoms with van der Waals surface area (Å²) in [6.07, 6.45) is 0.228. The lowest BCUT2D eigenvalue weighted by Crippen LogP contribution is -2.07. The molecule has 3 nitrogen and oxygen atoms in total. The molecule has 0 aliphatic carbocycles. The topological polar surface area (TPSA) is 46.5 Å². The largest absolute Gasteiger partial charge is 0.497 e. The van der Waals surface area contributed by atoms with Crippen LogP contribution >= 0.6 is 0 Å². The number of benzene rings is 1. The quantitative estimate of drug-likeness (QED) is 0.837. The van der Waals surface area contributed by atoms with Crippen molar-refractivity contribution in [3.63, 3.8) is 0 Å². The molecule has 1 aromatic rings. The predicted octanol–water partition coefficient (Wildman–Crippen LogP) is 3.54. The minimum Gasteiger partial charge on any atom is -0.497 e. The van der Waals surface area contributed by atoms with Crippen LogP contribution in [0.2, 0.25) is 0 Å². The molecule has 18 heavy (non-hydrogen) atoms. The van der Waals surface area contributed by atoms with E-state index in [0.29, 0.717) is 11.3 Å². The molecule has 102 valence electrons. The Morgan fingerprint density at radius 3 is 1.94 bits per heavy atom. The summed E-state index contributed by atoms with van der Waals surface area (Å²) in [6.45, 7) is 11.6. The Bertz CT molecular complexity index is 317. The third kappa shape index (κ3) is 7.63. The van der Waals surface area contributed by atoms with Gasteiger partial charge in [-0.1, -0.05) is 32.4 Å². The monoisotopic (exact) mass is 252 g/mol. The first kappa shape index (κ1) is 18.7. The van der Waals surface area contributed by atoms with Crippen molar-refractivity contribution in [2.45, 2.75) is 33.3 Å². The maximum absolute atomic E-state index is 10.8. The molecule has 0 aliphatic rings. The molecule has 0 saturated heterocycles. The molecule has 0 bridgehead atoms. The van der Waals surface area contributed by atoms with E-state index in [1.54, 1.807) is 31.4 Å². The van der Waals surface area contributed by atoms with E-state index in [2.05, 4.69) is 27.0 Å². The summed E-state index contributed by atoms with van der Waals surface area (Å²) in [7, 11) is 1.57. The zero-order chi connectivity index (χ0) is 14.6. The van der Waals surface area contributed by atoms with Crippen LogP contribution in [0, 0.1) is 0 Å². The molecule has 1 aromatic carbocycles. The molecule has 0 amide bonds. The summed E-state index contributed by atoms with van der Waals surface area (Å²) >= 11 is 0. The first-order valence-electron chi connectivity index (χ1n) is 5.89. The molecular formula is C15H24O3. The summed E-state index contributed by atoms with van der Waals surface area (Å²) in [6, 6.07) is 6.76. The van der Waals surface area contributed by atoms with Crippen LogP contribution in [0.4, 0.5) is 0 Å². The van der Waals surface area contributed by atoms with E-state index in [1.807, 2.05) is 0 Å². The van der Waals surface area contributed by atoms with Crippen molar-refractivity contribution in [3.8, 4) is 5.75 Å². The molecule has 0 heterocycles. The van der Waals surface area contributed by atoms with Gasteiger partial charge < -0.3 is 9.84 Å². The molecule has 1 atom stereocenters. The molecule has 0 radical (unpaired) electrons. The van der Waals surface area contributed by atoms with Gasteiger partial charge in [0.25, 0.3) is 0 Å². The number of rotatable bonds is 3. The maximum Gasteiger partial charge on any atom is 0.162 e. The molecule has 0 aromatic heterocycles. The van der Waals surface area contributed by atoms with Gasteiger partial charge in [0.05, 0.1) is 7.11 Å². The fourth-order valence-corrected chi connectivity index (χ4v) is 1.02. The maximum atomic E-state index is 10.8. The van der Waals surface area contributed by atoms with Gasteiger partial charge in [-0.3, -0.25) is 4.79 Å². The van der Waals surface area contributed by atoms with Crippen molar-refractivity contribution in [2.75, 3.05) is 7.11 Å². The van der Waals surface area contributed by atoms with Crippen molar-refractivity contribution in [1.82, 2.24) is 0 Å². The van der Waals surface area contributed by atoms with Crippen molar-refractivity contribution < 1.29 is 14.6 Å². The molecule has 0 aliphatic heterocycles. The lowest BCUT2D eigenvalue weighted by Gasteiger charge is -2.07. The Morgan fingerprint density at radius 2 is 1.67 bits per heavy atom. The Kier molecular flexibility index (Phi) is 12.4. The Morgan fingerprint density at radius 1 is 1.28 bits per heavy atom. The lowest BCUT2D eigenvalue weighted by molar-refractivity contribution is -0.125. The number of hydrogen-bond acceptors (Lipinski definition) is 3. The van der Waals surface area contributed by atoms with Gasteiger partial charge in [-0.05, 0) is 24.6 Å². The normalized spacial score (nSPS) is 10.1. The Labute approximate surface area is 110 Å². The fourth-order valence-electron chi connectivity index (χ4n) is 1.02. The van der Waals surface area contributed by atoms with E-state index >= 15 is 0 Å². The van der Waals surface area contributed by atoms with E-state index in [9.17, 15) is 9.90 Å². The first-order valence-corrected chi connectivity index (χ1v) is 5.89. The van der Waals surface area contributed by atoms with Crippen molar-refractivity contribution in [1.29, 1.82) is 0 Å². The van der Waals surface area contributed by atoms with E-state index in [-0.39, 0.29) is 5.78 Å². The highest BCUT2D eigenvalue weighted by Crippen LogP contribution is 2.17. The minimum atomic E-state index is -1.02. The number of methoxy groups -OCH3 is 1. The van der Waals surface area contributed by atoms with Crippen LogP contribution < -0.4 is 4.74 Å². The SMILES string of the molecule is C=C.CCC.COc1ccc(C(O)C(C)=O)cc1. The summed E-state index contributed by atoms with van der Waals surface area (Å²) in [4.78, 5) is 10.8. The molecule has 0 fully saturated rings. The number of carbonyl (C=O) groups is 1. The van der Waals surface area contributed by atoms with Crippen LogP contribution in [0.5, 0.6) is 5.75 Å². The standard InChI is InChI=1S/C10H12O3.C3H8.C2H4/c1-7(11)10(12)8-3-5-9(13-2)6-4-8;1-3-2;1-2/h3-6,10,12H,1-2H3;3H2,1-2H3;1-2H2. The molecule has 1 rings (SSSR count). The van der Waals surface area contributed by atoms with E-state index < -0.39 is 6.10 Å². The van der Waals surface area contributed by atoms with Gasteiger partial charge >= 0.3 is 0 Å². The number of aliphatic hydroxyl groups is 1. The fraction of sp³-hybridized carbons (Fsp3) is 0.400. The highest BCUT2D eigenvalue weighted by molar-refractivity contribution is 5.81. The van der Waals surface area contributed by atoms with Crippen LogP contribution in [0.15, 0.2) is 37.4 Å². The summed E-state index contributed by atoms with van der Waals surface area (Å²) in [5, 5.41) is 9.37. The zero-order valence-corrected chi connectivity index (χ0v) is 11.8. The van der Waals surface area contributed by atoms with E-state index in [4.69, 9.17) is 4.74 Å². The van der Waals surface area contributed by atoms with Crippen LogP contribution in [-0.4, -0.2) is 18.0 Å². The molecule has 1 unspecified atom stereocenters. The molecular weight excluding hydrogens is 228 g/mol. The Balaban J connectivity index is 0. The third-order valence-corrected chi connectivity index (χ3v) is 1.82. The van der Waals surface area contributed by atoms with Gasteiger partial charge in [0.2, 0.25) is 0 Å². The number of ketones is 1. The van der Waals surface area contributed by atoms with Gasteiger partial charge in [-0.2, -0.15) is 0 Å². The zero-order valence-electron chi connectivity index (χ0n) is 11.8. The highest BCUT2D eigenvalue weighted by Gasteiger charge is 2.11.